The van der Waals surface area contributed by atoms with Gasteiger partial charge < -0.3 is 15.0 Å². The molecule has 5 heteroatoms. The van der Waals surface area contributed by atoms with Crippen LogP contribution >= 0.6 is 11.6 Å². The Morgan fingerprint density at radius 2 is 2.40 bits per heavy atom. The summed E-state index contributed by atoms with van der Waals surface area (Å²) in [4.78, 5) is 11.6. The van der Waals surface area contributed by atoms with Crippen molar-refractivity contribution in [2.75, 3.05) is 6.54 Å². The van der Waals surface area contributed by atoms with Crippen molar-refractivity contribution >= 4 is 17.5 Å². The van der Waals surface area contributed by atoms with Crippen LogP contribution in [0.1, 0.15) is 23.8 Å². The van der Waals surface area contributed by atoms with Crippen LogP contribution in [0.2, 0.25) is 5.02 Å². The van der Waals surface area contributed by atoms with E-state index in [4.69, 9.17) is 11.6 Å². The normalized spacial score (nSPS) is 12.5. The highest BCUT2D eigenvalue weighted by molar-refractivity contribution is 6.31. The highest BCUT2D eigenvalue weighted by Crippen LogP contribution is 2.12. The van der Waals surface area contributed by atoms with Crippen molar-refractivity contribution in [3.05, 3.63) is 23.0 Å². The fourth-order valence-electron chi connectivity index (χ4n) is 1.20. The maximum atomic E-state index is 11.6. The zero-order chi connectivity index (χ0) is 11.4. The van der Waals surface area contributed by atoms with Crippen LogP contribution in [0.25, 0.3) is 0 Å². The topological polar surface area (TPSA) is 54.3 Å². The van der Waals surface area contributed by atoms with Crippen LogP contribution in [0.5, 0.6) is 0 Å². The van der Waals surface area contributed by atoms with Gasteiger partial charge in [0.2, 0.25) is 0 Å². The maximum Gasteiger partial charge on any atom is 0.268 e. The number of rotatable bonds is 4. The van der Waals surface area contributed by atoms with Gasteiger partial charge in [-0.1, -0.05) is 18.5 Å². The fourth-order valence-corrected chi connectivity index (χ4v) is 1.45. The number of hydrogen-bond donors (Lipinski definition) is 2. The molecule has 1 amide bonds. The number of aryl methyl sites for hydroxylation is 1. The lowest BCUT2D eigenvalue weighted by molar-refractivity contribution is 0.0906. The number of aromatic nitrogens is 1. The molecule has 1 heterocycles. The molecule has 0 saturated carbocycles. The summed E-state index contributed by atoms with van der Waals surface area (Å²) in [5.74, 6) is -0.225. The second kappa shape index (κ2) is 5.19. The summed E-state index contributed by atoms with van der Waals surface area (Å²) in [6.07, 6.45) is 1.78. The Labute approximate surface area is 93.8 Å². The molecule has 2 N–H and O–H groups in total. The first-order valence-electron chi connectivity index (χ1n) is 4.82. The number of hydrogen-bond acceptors (Lipinski definition) is 2. The minimum absolute atomic E-state index is 0.225. The van der Waals surface area contributed by atoms with Gasteiger partial charge in [-0.15, -0.1) is 0 Å². The Kier molecular flexibility index (Phi) is 4.17. The van der Waals surface area contributed by atoms with E-state index in [9.17, 15) is 9.90 Å². The van der Waals surface area contributed by atoms with E-state index >= 15 is 0 Å². The Balaban J connectivity index is 2.58. The number of nitrogens with zero attached hydrogens (tertiary/aromatic N) is 1. The van der Waals surface area contributed by atoms with E-state index in [2.05, 4.69) is 5.32 Å². The largest absolute Gasteiger partial charge is 0.391 e. The predicted molar refractivity (Wildman–Crippen MR) is 59.1 cm³/mol. The van der Waals surface area contributed by atoms with E-state index in [1.807, 2.05) is 6.92 Å². The van der Waals surface area contributed by atoms with Crippen molar-refractivity contribution in [3.8, 4) is 0 Å². The third-order valence-corrected chi connectivity index (χ3v) is 2.38. The molecular weight excluding hydrogens is 216 g/mol. The summed E-state index contributed by atoms with van der Waals surface area (Å²) in [6.45, 7) is 2.12. The monoisotopic (exact) mass is 230 g/mol. The van der Waals surface area contributed by atoms with Gasteiger partial charge in [0.25, 0.3) is 5.91 Å². The Morgan fingerprint density at radius 3 is 2.87 bits per heavy atom. The second-order valence-electron chi connectivity index (χ2n) is 3.43. The molecule has 4 nitrogen and oxygen atoms in total. The maximum absolute atomic E-state index is 11.6. The van der Waals surface area contributed by atoms with Crippen molar-refractivity contribution in [1.29, 1.82) is 0 Å². The zero-order valence-corrected chi connectivity index (χ0v) is 9.58. The van der Waals surface area contributed by atoms with Crippen molar-refractivity contribution < 1.29 is 9.90 Å². The van der Waals surface area contributed by atoms with Gasteiger partial charge in [0.15, 0.2) is 0 Å². The average Bonchev–Trinajstić information content (AvgIpc) is 2.53. The number of aliphatic hydroxyl groups excluding tert-OH is 1. The van der Waals surface area contributed by atoms with Gasteiger partial charge in [0.1, 0.15) is 5.69 Å². The summed E-state index contributed by atoms with van der Waals surface area (Å²) < 4.78 is 1.65. The first-order valence-corrected chi connectivity index (χ1v) is 5.20. The first-order chi connectivity index (χ1) is 7.04. The van der Waals surface area contributed by atoms with Crippen LogP contribution in [0.15, 0.2) is 12.3 Å². The number of halogens is 1. The van der Waals surface area contributed by atoms with Crippen molar-refractivity contribution in [2.45, 2.75) is 19.4 Å². The third-order valence-electron chi connectivity index (χ3n) is 2.17. The summed E-state index contributed by atoms with van der Waals surface area (Å²) in [5, 5.41) is 12.4. The van der Waals surface area contributed by atoms with Crippen molar-refractivity contribution in [2.24, 2.45) is 7.05 Å². The highest BCUT2D eigenvalue weighted by atomic mass is 35.5. The average molecular weight is 231 g/mol. The number of carbonyl (C=O) groups is 1. The standard InChI is InChI=1S/C10H15ClN2O2/c1-3-8(14)5-12-10(15)9-4-7(11)6-13(9)2/h4,6,8,14H,3,5H2,1-2H3,(H,12,15). The van der Waals surface area contributed by atoms with Gasteiger partial charge in [0, 0.05) is 19.8 Å². The Bertz CT molecular complexity index is 349. The summed E-state index contributed by atoms with van der Waals surface area (Å²) >= 11 is 5.75. The number of amides is 1. The zero-order valence-electron chi connectivity index (χ0n) is 8.83. The molecule has 0 bridgehead atoms. The summed E-state index contributed by atoms with van der Waals surface area (Å²) in [6, 6.07) is 1.59. The Hall–Kier alpha value is -1.00. The summed E-state index contributed by atoms with van der Waals surface area (Å²) in [7, 11) is 1.75. The van der Waals surface area contributed by atoms with Gasteiger partial charge in [-0.3, -0.25) is 4.79 Å². The van der Waals surface area contributed by atoms with Gasteiger partial charge in [-0.05, 0) is 12.5 Å². The van der Waals surface area contributed by atoms with Crippen LogP contribution in [-0.4, -0.2) is 28.2 Å². The number of nitrogens with one attached hydrogen (secondary N) is 1. The molecular formula is C10H15ClN2O2. The van der Waals surface area contributed by atoms with Crippen LogP contribution in [-0.2, 0) is 7.05 Å². The molecule has 1 atom stereocenters. The van der Waals surface area contributed by atoms with E-state index in [1.165, 1.54) is 0 Å². The van der Waals surface area contributed by atoms with Crippen molar-refractivity contribution in [3.63, 3.8) is 0 Å². The molecule has 15 heavy (non-hydrogen) atoms. The second-order valence-corrected chi connectivity index (χ2v) is 3.86. The molecule has 0 aliphatic rings. The summed E-state index contributed by atoms with van der Waals surface area (Å²) in [5.41, 5.74) is 0.489. The molecule has 1 unspecified atom stereocenters. The number of aliphatic hydroxyl groups is 1. The van der Waals surface area contributed by atoms with Gasteiger partial charge >= 0.3 is 0 Å². The molecule has 1 aromatic heterocycles. The van der Waals surface area contributed by atoms with E-state index in [0.717, 1.165) is 0 Å². The van der Waals surface area contributed by atoms with Crippen LogP contribution in [0.4, 0.5) is 0 Å². The first kappa shape index (κ1) is 12.1. The molecule has 84 valence electrons. The van der Waals surface area contributed by atoms with Crippen LogP contribution in [0.3, 0.4) is 0 Å². The molecule has 0 aromatic carbocycles. The van der Waals surface area contributed by atoms with Gasteiger partial charge in [0.05, 0.1) is 11.1 Å². The molecule has 0 fully saturated rings. The number of carbonyl (C=O) groups excluding carboxylic acids is 1. The highest BCUT2D eigenvalue weighted by Gasteiger charge is 2.11. The van der Waals surface area contributed by atoms with Crippen LogP contribution < -0.4 is 5.32 Å². The molecule has 0 saturated heterocycles. The predicted octanol–water partition coefficient (Wildman–Crippen LogP) is 1.18. The molecule has 0 radical (unpaired) electrons. The van der Waals surface area contributed by atoms with Gasteiger partial charge in [-0.2, -0.15) is 0 Å². The lowest BCUT2D eigenvalue weighted by Crippen LogP contribution is -2.32. The third kappa shape index (κ3) is 3.25. The van der Waals surface area contributed by atoms with Gasteiger partial charge in [-0.25, -0.2) is 0 Å². The minimum Gasteiger partial charge on any atom is -0.391 e. The van der Waals surface area contributed by atoms with E-state index < -0.39 is 6.10 Å². The lowest BCUT2D eigenvalue weighted by atomic mass is 10.3. The SMILES string of the molecule is CCC(O)CNC(=O)c1cc(Cl)cn1C. The molecule has 0 spiro atoms. The molecule has 0 aliphatic carbocycles. The molecule has 1 rings (SSSR count). The molecule has 1 aromatic rings. The lowest BCUT2D eigenvalue weighted by Gasteiger charge is -2.09. The molecule has 0 aliphatic heterocycles. The van der Waals surface area contributed by atoms with E-state index in [0.29, 0.717) is 17.1 Å². The Morgan fingerprint density at radius 1 is 1.73 bits per heavy atom. The fraction of sp³-hybridized carbons (Fsp3) is 0.500. The van der Waals surface area contributed by atoms with Crippen molar-refractivity contribution in [1.82, 2.24) is 9.88 Å². The van der Waals surface area contributed by atoms with Crippen LogP contribution in [0, 0.1) is 0 Å². The smallest absolute Gasteiger partial charge is 0.268 e. The van der Waals surface area contributed by atoms with E-state index in [-0.39, 0.29) is 12.5 Å². The minimum atomic E-state index is -0.496. The van der Waals surface area contributed by atoms with E-state index in [1.54, 1.807) is 23.9 Å². The quantitative estimate of drug-likeness (QED) is 0.816.